The van der Waals surface area contributed by atoms with E-state index in [4.69, 9.17) is 4.74 Å². The Labute approximate surface area is 170 Å². The molecule has 0 bridgehead atoms. The zero-order valence-electron chi connectivity index (χ0n) is 16.6. The second-order valence-electron chi connectivity index (χ2n) is 7.53. The van der Waals surface area contributed by atoms with Crippen LogP contribution in [-0.4, -0.2) is 50.6 Å². The van der Waals surface area contributed by atoms with Gasteiger partial charge in [-0.3, -0.25) is 0 Å². The van der Waals surface area contributed by atoms with Crippen LogP contribution >= 0.6 is 0 Å². The molecule has 3 aromatic rings. The average molecular weight is 421 g/mol. The molecule has 0 saturated carbocycles. The molecular weight excluding hydrogens is 399 g/mol. The number of benzene rings is 1. The van der Waals surface area contributed by atoms with Crippen molar-refractivity contribution in [3.63, 3.8) is 0 Å². The van der Waals surface area contributed by atoms with E-state index >= 15 is 0 Å². The third-order valence-electron chi connectivity index (χ3n) is 5.00. The molecule has 0 aliphatic carbocycles. The van der Waals surface area contributed by atoms with E-state index in [1.807, 2.05) is 49.1 Å². The number of alkyl halides is 3. The Morgan fingerprint density at radius 2 is 1.80 bits per heavy atom. The zero-order valence-corrected chi connectivity index (χ0v) is 16.6. The quantitative estimate of drug-likeness (QED) is 0.648. The highest BCUT2D eigenvalue weighted by atomic mass is 19.4. The number of aryl methyl sites for hydroxylation is 1. The molecule has 0 spiro atoms. The number of ether oxygens (including phenoxy) is 1. The minimum absolute atomic E-state index is 0.0586. The fourth-order valence-corrected chi connectivity index (χ4v) is 3.81. The van der Waals surface area contributed by atoms with Crippen molar-refractivity contribution in [1.29, 1.82) is 0 Å². The molecule has 3 heterocycles. The van der Waals surface area contributed by atoms with E-state index in [2.05, 4.69) is 10.1 Å². The van der Waals surface area contributed by atoms with Gasteiger partial charge in [-0.25, -0.2) is 18.9 Å². The lowest BCUT2D eigenvalue weighted by Crippen LogP contribution is -2.46. The van der Waals surface area contributed by atoms with Crippen molar-refractivity contribution >= 4 is 11.3 Å². The molecule has 2 atom stereocenters. The lowest BCUT2D eigenvalue weighted by Gasteiger charge is -2.37. The Morgan fingerprint density at radius 3 is 2.43 bits per heavy atom. The van der Waals surface area contributed by atoms with Gasteiger partial charge in [-0.05, 0) is 13.8 Å². The molecule has 1 fully saturated rings. The van der Waals surface area contributed by atoms with E-state index in [9.17, 15) is 18.0 Å². The summed E-state index contributed by atoms with van der Waals surface area (Å²) in [6.07, 6.45) is -4.29. The highest BCUT2D eigenvalue weighted by Gasteiger charge is 2.30. The SMILES string of the molecule is C[C@@H]1CN(c2c(-c3ccccc3)ncn3c(=O)n(CCC(F)(F)F)nc23)C[C@H](C)O1. The summed E-state index contributed by atoms with van der Waals surface area (Å²) in [4.78, 5) is 19.2. The Bertz CT molecular complexity index is 1080. The van der Waals surface area contributed by atoms with Gasteiger partial charge < -0.3 is 9.64 Å². The first-order chi connectivity index (χ1) is 14.2. The molecule has 1 aromatic carbocycles. The summed E-state index contributed by atoms with van der Waals surface area (Å²) in [6.45, 7) is 4.46. The van der Waals surface area contributed by atoms with E-state index in [-0.39, 0.29) is 17.9 Å². The average Bonchev–Trinajstić information content (AvgIpc) is 3.01. The highest BCUT2D eigenvalue weighted by molar-refractivity contribution is 5.85. The Morgan fingerprint density at radius 1 is 1.13 bits per heavy atom. The Balaban J connectivity index is 1.88. The number of halogens is 3. The summed E-state index contributed by atoms with van der Waals surface area (Å²) >= 11 is 0. The minimum atomic E-state index is -4.37. The molecule has 1 aliphatic rings. The number of rotatable bonds is 4. The maximum atomic E-state index is 12.7. The number of hydrogen-bond acceptors (Lipinski definition) is 5. The molecule has 1 saturated heterocycles. The van der Waals surface area contributed by atoms with E-state index in [1.165, 1.54) is 10.7 Å². The van der Waals surface area contributed by atoms with Gasteiger partial charge in [-0.1, -0.05) is 30.3 Å². The second kappa shape index (κ2) is 7.75. The third kappa shape index (κ3) is 4.04. The van der Waals surface area contributed by atoms with Gasteiger partial charge in [0.1, 0.15) is 12.0 Å². The molecule has 0 radical (unpaired) electrons. The van der Waals surface area contributed by atoms with Crippen LogP contribution in [0.15, 0.2) is 41.5 Å². The standard InChI is InChI=1S/C20H22F3N5O2/c1-13-10-26(11-14(2)30-13)17-16(15-6-4-3-5-7-15)24-12-27-18(17)25-28(19(27)29)9-8-20(21,22)23/h3-7,12-14H,8-11H2,1-2H3/t13-,14+. The van der Waals surface area contributed by atoms with Crippen molar-refractivity contribution in [2.75, 3.05) is 18.0 Å². The van der Waals surface area contributed by atoms with Crippen LogP contribution < -0.4 is 10.6 Å². The Hall–Kier alpha value is -2.88. The number of nitrogens with zero attached hydrogens (tertiary/aromatic N) is 5. The van der Waals surface area contributed by atoms with Crippen LogP contribution in [0.3, 0.4) is 0 Å². The lowest BCUT2D eigenvalue weighted by atomic mass is 10.1. The van der Waals surface area contributed by atoms with Gasteiger partial charge in [0.15, 0.2) is 5.65 Å². The molecule has 7 nitrogen and oxygen atoms in total. The monoisotopic (exact) mass is 421 g/mol. The van der Waals surface area contributed by atoms with Gasteiger partial charge in [0, 0.05) is 18.7 Å². The van der Waals surface area contributed by atoms with Crippen molar-refractivity contribution < 1.29 is 17.9 Å². The summed E-state index contributed by atoms with van der Waals surface area (Å²) < 4.78 is 45.9. The Kier molecular flexibility index (Phi) is 5.27. The summed E-state index contributed by atoms with van der Waals surface area (Å²) in [6, 6.07) is 9.44. The zero-order chi connectivity index (χ0) is 21.5. The van der Waals surface area contributed by atoms with Gasteiger partial charge in [0.05, 0.1) is 30.9 Å². The number of hydrogen-bond donors (Lipinski definition) is 0. The molecule has 0 N–H and O–H groups in total. The molecule has 160 valence electrons. The molecule has 1 aliphatic heterocycles. The first kappa shape index (κ1) is 20.4. The smallest absolute Gasteiger partial charge is 0.372 e. The van der Waals surface area contributed by atoms with Crippen molar-refractivity contribution in [3.05, 3.63) is 47.1 Å². The first-order valence-electron chi connectivity index (χ1n) is 9.73. The van der Waals surface area contributed by atoms with Gasteiger partial charge >= 0.3 is 11.9 Å². The summed E-state index contributed by atoms with van der Waals surface area (Å²) in [5, 5.41) is 4.27. The molecular formula is C20H22F3N5O2. The summed E-state index contributed by atoms with van der Waals surface area (Å²) in [5.74, 6) is 0. The predicted octanol–water partition coefficient (Wildman–Crippen LogP) is 3.12. The molecule has 4 rings (SSSR count). The fraction of sp³-hybridized carbons (Fsp3) is 0.450. The van der Waals surface area contributed by atoms with Crippen LogP contribution in [0.2, 0.25) is 0 Å². The summed E-state index contributed by atoms with van der Waals surface area (Å²) in [7, 11) is 0. The molecule has 2 aromatic heterocycles. The van der Waals surface area contributed by atoms with E-state index in [0.29, 0.717) is 24.5 Å². The number of aromatic nitrogens is 4. The maximum Gasteiger partial charge on any atom is 0.390 e. The fourth-order valence-electron chi connectivity index (χ4n) is 3.81. The molecule has 0 amide bonds. The normalized spacial score (nSPS) is 20.1. The van der Waals surface area contributed by atoms with E-state index in [0.717, 1.165) is 10.2 Å². The predicted molar refractivity (Wildman–Crippen MR) is 106 cm³/mol. The van der Waals surface area contributed by atoms with Gasteiger partial charge in [-0.2, -0.15) is 13.2 Å². The van der Waals surface area contributed by atoms with Gasteiger partial charge in [0.25, 0.3) is 0 Å². The van der Waals surface area contributed by atoms with Crippen LogP contribution in [0.5, 0.6) is 0 Å². The van der Waals surface area contributed by atoms with Crippen LogP contribution in [0, 0.1) is 0 Å². The first-order valence-corrected chi connectivity index (χ1v) is 9.73. The second-order valence-corrected chi connectivity index (χ2v) is 7.53. The topological polar surface area (TPSA) is 64.7 Å². The minimum Gasteiger partial charge on any atom is -0.372 e. The summed E-state index contributed by atoms with van der Waals surface area (Å²) in [5.41, 5.74) is 1.72. The maximum absolute atomic E-state index is 12.7. The third-order valence-corrected chi connectivity index (χ3v) is 5.00. The van der Waals surface area contributed by atoms with Crippen molar-refractivity contribution in [1.82, 2.24) is 19.2 Å². The molecule has 0 unspecified atom stereocenters. The van der Waals surface area contributed by atoms with E-state index in [1.54, 1.807) is 0 Å². The number of morpholine rings is 1. The molecule has 30 heavy (non-hydrogen) atoms. The largest absolute Gasteiger partial charge is 0.390 e. The highest BCUT2D eigenvalue weighted by Crippen LogP contribution is 2.33. The van der Waals surface area contributed by atoms with Gasteiger partial charge in [-0.15, -0.1) is 5.10 Å². The van der Waals surface area contributed by atoms with Crippen LogP contribution in [-0.2, 0) is 11.3 Å². The van der Waals surface area contributed by atoms with Crippen LogP contribution in [0.1, 0.15) is 20.3 Å². The van der Waals surface area contributed by atoms with Crippen molar-refractivity contribution in [2.45, 2.75) is 45.2 Å². The van der Waals surface area contributed by atoms with Crippen LogP contribution in [0.25, 0.3) is 16.9 Å². The number of anilines is 1. The van der Waals surface area contributed by atoms with Crippen LogP contribution in [0.4, 0.5) is 18.9 Å². The van der Waals surface area contributed by atoms with E-state index < -0.39 is 24.8 Å². The van der Waals surface area contributed by atoms with Crippen molar-refractivity contribution in [3.8, 4) is 11.3 Å². The van der Waals surface area contributed by atoms with Gasteiger partial charge in [0.2, 0.25) is 0 Å². The lowest BCUT2D eigenvalue weighted by molar-refractivity contribution is -0.137. The number of fused-ring (bicyclic) bond motifs is 1. The molecule has 10 heteroatoms. The van der Waals surface area contributed by atoms with Crippen molar-refractivity contribution in [2.24, 2.45) is 0 Å².